The number of hydrogen-bond donors (Lipinski definition) is 0. The van der Waals surface area contributed by atoms with E-state index in [0.29, 0.717) is 11.5 Å². The Bertz CT molecular complexity index is 455. The lowest BCUT2D eigenvalue weighted by molar-refractivity contribution is 0.344. The van der Waals surface area contributed by atoms with Gasteiger partial charge in [-0.05, 0) is 26.0 Å². The van der Waals surface area contributed by atoms with Crippen LogP contribution in [0.15, 0.2) is 29.2 Å². The molecule has 1 aromatic rings. The predicted octanol–water partition coefficient (Wildman–Crippen LogP) is 1.56. The first-order valence-electron chi connectivity index (χ1n) is 4.85. The van der Waals surface area contributed by atoms with Gasteiger partial charge in [-0.15, -0.1) is 0 Å². The highest BCUT2D eigenvalue weighted by Crippen LogP contribution is 2.29. The van der Waals surface area contributed by atoms with Crippen molar-refractivity contribution in [3.8, 4) is 0 Å². The lowest BCUT2D eigenvalue weighted by atomic mass is 10.2. The van der Waals surface area contributed by atoms with Gasteiger partial charge in [-0.1, -0.05) is 17.7 Å². The molecule has 82 valence electrons. The highest BCUT2D eigenvalue weighted by Gasteiger charge is 2.43. The Morgan fingerprint density at radius 1 is 1.33 bits per heavy atom. The van der Waals surface area contributed by atoms with Crippen molar-refractivity contribution < 1.29 is 13.2 Å². The van der Waals surface area contributed by atoms with Gasteiger partial charge in [0.15, 0.2) is 9.84 Å². The average molecular weight is 226 g/mol. The van der Waals surface area contributed by atoms with Crippen LogP contribution in [-0.4, -0.2) is 26.4 Å². The maximum absolute atomic E-state index is 11.9. The summed E-state index contributed by atoms with van der Waals surface area (Å²) in [6, 6.07) is 6.92. The Hall–Kier alpha value is -0.870. The van der Waals surface area contributed by atoms with Crippen LogP contribution in [0.25, 0.3) is 0 Å². The summed E-state index contributed by atoms with van der Waals surface area (Å²) >= 11 is 0. The summed E-state index contributed by atoms with van der Waals surface area (Å²) in [6.45, 7) is 4.29. The SMILES string of the molecule is Cc1ccc(S(=O)(=O)CC2(C)CO2)cc1. The molecule has 0 aromatic heterocycles. The fourth-order valence-electron chi connectivity index (χ4n) is 1.44. The van der Waals surface area contributed by atoms with E-state index in [1.807, 2.05) is 26.0 Å². The van der Waals surface area contributed by atoms with Crippen molar-refractivity contribution in [2.45, 2.75) is 24.3 Å². The first-order valence-corrected chi connectivity index (χ1v) is 6.50. The van der Waals surface area contributed by atoms with Crippen LogP contribution in [0.1, 0.15) is 12.5 Å². The second kappa shape index (κ2) is 3.32. The molecule has 3 nitrogen and oxygen atoms in total. The van der Waals surface area contributed by atoms with Gasteiger partial charge in [-0.3, -0.25) is 0 Å². The molecule has 0 spiro atoms. The van der Waals surface area contributed by atoms with Crippen molar-refractivity contribution in [3.63, 3.8) is 0 Å². The number of ether oxygens (including phenoxy) is 1. The van der Waals surface area contributed by atoms with E-state index in [4.69, 9.17) is 4.74 Å². The Kier molecular flexibility index (Phi) is 2.35. The van der Waals surface area contributed by atoms with E-state index in [0.717, 1.165) is 5.56 Å². The average Bonchev–Trinajstić information content (AvgIpc) is 2.82. The number of sulfone groups is 1. The minimum atomic E-state index is -3.20. The molecule has 1 unspecified atom stereocenters. The van der Waals surface area contributed by atoms with E-state index in [-0.39, 0.29) is 5.75 Å². The number of aryl methyl sites for hydroxylation is 1. The quantitative estimate of drug-likeness (QED) is 0.735. The number of benzene rings is 1. The van der Waals surface area contributed by atoms with Crippen LogP contribution in [0.3, 0.4) is 0 Å². The van der Waals surface area contributed by atoms with E-state index >= 15 is 0 Å². The normalized spacial score (nSPS) is 25.2. The first kappa shape index (κ1) is 10.6. The molecule has 0 radical (unpaired) electrons. The zero-order chi connectivity index (χ0) is 11.1. The van der Waals surface area contributed by atoms with Crippen LogP contribution in [0.4, 0.5) is 0 Å². The van der Waals surface area contributed by atoms with Gasteiger partial charge >= 0.3 is 0 Å². The van der Waals surface area contributed by atoms with Crippen LogP contribution in [-0.2, 0) is 14.6 Å². The summed E-state index contributed by atoms with van der Waals surface area (Å²) in [5.74, 6) is 0.0725. The number of hydrogen-bond acceptors (Lipinski definition) is 3. The zero-order valence-electron chi connectivity index (χ0n) is 8.86. The Labute approximate surface area is 90.0 Å². The molecule has 1 heterocycles. The molecular formula is C11H14O3S. The van der Waals surface area contributed by atoms with Crippen molar-refractivity contribution in [1.29, 1.82) is 0 Å². The third kappa shape index (κ3) is 2.38. The Morgan fingerprint density at radius 2 is 1.87 bits per heavy atom. The predicted molar refractivity (Wildman–Crippen MR) is 57.6 cm³/mol. The fourth-order valence-corrected chi connectivity index (χ4v) is 3.13. The van der Waals surface area contributed by atoms with Gasteiger partial charge in [0.25, 0.3) is 0 Å². The largest absolute Gasteiger partial charge is 0.369 e. The van der Waals surface area contributed by atoms with Gasteiger partial charge in [-0.2, -0.15) is 0 Å². The molecule has 0 aliphatic carbocycles. The lowest BCUT2D eigenvalue weighted by Gasteiger charge is -2.07. The third-order valence-corrected chi connectivity index (χ3v) is 4.49. The number of rotatable bonds is 3. The molecule has 0 saturated carbocycles. The van der Waals surface area contributed by atoms with Crippen molar-refractivity contribution in [2.75, 3.05) is 12.4 Å². The van der Waals surface area contributed by atoms with E-state index < -0.39 is 15.4 Å². The highest BCUT2D eigenvalue weighted by molar-refractivity contribution is 7.91. The summed E-state index contributed by atoms with van der Waals surface area (Å²) in [5.41, 5.74) is 0.604. The fraction of sp³-hybridized carbons (Fsp3) is 0.455. The molecule has 1 aliphatic rings. The molecule has 0 N–H and O–H groups in total. The van der Waals surface area contributed by atoms with Crippen LogP contribution >= 0.6 is 0 Å². The van der Waals surface area contributed by atoms with Gasteiger partial charge in [0.2, 0.25) is 0 Å². The summed E-state index contributed by atoms with van der Waals surface area (Å²) < 4.78 is 28.9. The van der Waals surface area contributed by atoms with E-state index in [1.54, 1.807) is 12.1 Å². The molecular weight excluding hydrogens is 212 g/mol. The van der Waals surface area contributed by atoms with Crippen LogP contribution in [0, 0.1) is 6.92 Å². The molecule has 0 amide bonds. The van der Waals surface area contributed by atoms with Crippen LogP contribution in [0.2, 0.25) is 0 Å². The molecule has 1 atom stereocenters. The van der Waals surface area contributed by atoms with Crippen molar-refractivity contribution >= 4 is 9.84 Å². The topological polar surface area (TPSA) is 46.7 Å². The van der Waals surface area contributed by atoms with Crippen molar-refractivity contribution in [1.82, 2.24) is 0 Å². The van der Waals surface area contributed by atoms with E-state index in [1.165, 1.54) is 0 Å². The maximum Gasteiger partial charge on any atom is 0.181 e. The highest BCUT2D eigenvalue weighted by atomic mass is 32.2. The zero-order valence-corrected chi connectivity index (χ0v) is 9.67. The van der Waals surface area contributed by atoms with E-state index in [2.05, 4.69) is 0 Å². The Morgan fingerprint density at radius 3 is 2.33 bits per heavy atom. The maximum atomic E-state index is 11.9. The molecule has 2 rings (SSSR count). The molecule has 1 saturated heterocycles. The molecule has 0 bridgehead atoms. The second-order valence-corrected chi connectivity index (χ2v) is 6.30. The minimum absolute atomic E-state index is 0.0725. The number of epoxide rings is 1. The van der Waals surface area contributed by atoms with Gasteiger partial charge in [-0.25, -0.2) is 8.42 Å². The van der Waals surface area contributed by atoms with Gasteiger partial charge in [0.05, 0.1) is 17.3 Å². The van der Waals surface area contributed by atoms with Crippen LogP contribution in [0.5, 0.6) is 0 Å². The monoisotopic (exact) mass is 226 g/mol. The third-order valence-electron chi connectivity index (χ3n) is 2.51. The summed E-state index contributed by atoms with van der Waals surface area (Å²) in [5, 5.41) is 0. The smallest absolute Gasteiger partial charge is 0.181 e. The Balaban J connectivity index is 2.25. The van der Waals surface area contributed by atoms with Gasteiger partial charge < -0.3 is 4.74 Å². The molecule has 1 aromatic carbocycles. The molecule has 4 heteroatoms. The summed E-state index contributed by atoms with van der Waals surface area (Å²) in [4.78, 5) is 0.379. The van der Waals surface area contributed by atoms with Crippen LogP contribution < -0.4 is 0 Å². The summed E-state index contributed by atoms with van der Waals surface area (Å²) in [7, 11) is -3.20. The van der Waals surface area contributed by atoms with Crippen molar-refractivity contribution in [3.05, 3.63) is 29.8 Å². The van der Waals surface area contributed by atoms with Gasteiger partial charge in [0.1, 0.15) is 5.60 Å². The first-order chi connectivity index (χ1) is 6.91. The molecule has 1 aliphatic heterocycles. The minimum Gasteiger partial charge on any atom is -0.369 e. The lowest BCUT2D eigenvalue weighted by Crippen LogP contribution is -2.20. The van der Waals surface area contributed by atoms with Crippen molar-refractivity contribution in [2.24, 2.45) is 0 Å². The molecule has 15 heavy (non-hydrogen) atoms. The molecule has 1 fully saturated rings. The second-order valence-electron chi connectivity index (χ2n) is 4.31. The van der Waals surface area contributed by atoms with Gasteiger partial charge in [0, 0.05) is 0 Å². The standard InChI is InChI=1S/C11H14O3S/c1-9-3-5-10(6-4-9)15(12,13)8-11(2)7-14-11/h3-6H,7-8H2,1-2H3. The van der Waals surface area contributed by atoms with E-state index in [9.17, 15) is 8.42 Å². The summed E-state index contributed by atoms with van der Waals surface area (Å²) in [6.07, 6.45) is 0.